The summed E-state index contributed by atoms with van der Waals surface area (Å²) in [7, 11) is 1.98. The van der Waals surface area contributed by atoms with Crippen LogP contribution in [0, 0.1) is 5.41 Å². The van der Waals surface area contributed by atoms with Gasteiger partial charge in [-0.2, -0.15) is 0 Å². The first kappa shape index (κ1) is 15.5. The molecular weight excluding hydrogens is 224 g/mol. The highest BCUT2D eigenvalue weighted by Crippen LogP contribution is 2.37. The zero-order chi connectivity index (χ0) is 13.8. The van der Waals surface area contributed by atoms with E-state index in [0.717, 1.165) is 45.2 Å². The van der Waals surface area contributed by atoms with Crippen molar-refractivity contribution in [3.8, 4) is 0 Å². The standard InChI is InChI=1S/C15H30N2O/c1-6-8-15(9-11-16-12-10-15)13(18)17(5)14(3,4)7-2/h16H,6-12H2,1-5H3. The molecule has 106 valence electrons. The van der Waals surface area contributed by atoms with Crippen LogP contribution in [0.4, 0.5) is 0 Å². The zero-order valence-electron chi connectivity index (χ0n) is 12.8. The second-order valence-corrected chi connectivity index (χ2v) is 6.31. The Kier molecular flexibility index (Phi) is 5.20. The van der Waals surface area contributed by atoms with Gasteiger partial charge in [-0.25, -0.2) is 0 Å². The molecule has 0 spiro atoms. The summed E-state index contributed by atoms with van der Waals surface area (Å²) in [5, 5.41) is 3.37. The second-order valence-electron chi connectivity index (χ2n) is 6.31. The molecule has 1 saturated heterocycles. The lowest BCUT2D eigenvalue weighted by atomic mass is 9.73. The first-order valence-electron chi connectivity index (χ1n) is 7.38. The van der Waals surface area contributed by atoms with Gasteiger partial charge >= 0.3 is 0 Å². The Morgan fingerprint density at radius 2 is 1.83 bits per heavy atom. The van der Waals surface area contributed by atoms with Crippen molar-refractivity contribution < 1.29 is 4.79 Å². The predicted octanol–water partition coefficient (Wildman–Crippen LogP) is 2.80. The number of amides is 1. The van der Waals surface area contributed by atoms with Crippen LogP contribution in [0.2, 0.25) is 0 Å². The van der Waals surface area contributed by atoms with Crippen LogP contribution in [0.3, 0.4) is 0 Å². The molecule has 1 aliphatic heterocycles. The number of nitrogens with one attached hydrogen (secondary N) is 1. The smallest absolute Gasteiger partial charge is 0.229 e. The Labute approximate surface area is 112 Å². The fraction of sp³-hybridized carbons (Fsp3) is 0.933. The minimum atomic E-state index is -0.110. The first-order valence-corrected chi connectivity index (χ1v) is 7.38. The van der Waals surface area contributed by atoms with Crippen LogP contribution in [-0.2, 0) is 4.79 Å². The van der Waals surface area contributed by atoms with Crippen molar-refractivity contribution in [2.75, 3.05) is 20.1 Å². The molecule has 0 saturated carbocycles. The maximum Gasteiger partial charge on any atom is 0.229 e. The Hall–Kier alpha value is -0.570. The molecular formula is C15H30N2O. The van der Waals surface area contributed by atoms with E-state index in [1.807, 2.05) is 11.9 Å². The molecule has 0 bridgehead atoms. The van der Waals surface area contributed by atoms with Crippen molar-refractivity contribution in [1.82, 2.24) is 10.2 Å². The van der Waals surface area contributed by atoms with Gasteiger partial charge in [-0.15, -0.1) is 0 Å². The second kappa shape index (κ2) is 6.05. The number of carbonyl (C=O) groups excluding carboxylic acids is 1. The van der Waals surface area contributed by atoms with Crippen LogP contribution in [0.25, 0.3) is 0 Å². The molecule has 0 radical (unpaired) electrons. The molecule has 0 atom stereocenters. The van der Waals surface area contributed by atoms with Gasteiger partial charge in [0, 0.05) is 12.6 Å². The van der Waals surface area contributed by atoms with E-state index >= 15 is 0 Å². The molecule has 1 heterocycles. The number of carbonyl (C=O) groups is 1. The summed E-state index contributed by atoms with van der Waals surface area (Å²) in [6, 6.07) is 0. The summed E-state index contributed by atoms with van der Waals surface area (Å²) < 4.78 is 0. The molecule has 3 nitrogen and oxygen atoms in total. The van der Waals surface area contributed by atoms with Gasteiger partial charge in [0.15, 0.2) is 0 Å². The Morgan fingerprint density at radius 3 is 2.28 bits per heavy atom. The normalized spacial score (nSPS) is 19.6. The summed E-state index contributed by atoms with van der Waals surface area (Å²) in [6.07, 6.45) is 5.09. The Morgan fingerprint density at radius 1 is 1.28 bits per heavy atom. The molecule has 18 heavy (non-hydrogen) atoms. The van der Waals surface area contributed by atoms with Gasteiger partial charge in [0.1, 0.15) is 0 Å². The molecule has 1 fully saturated rings. The molecule has 3 heteroatoms. The van der Waals surface area contributed by atoms with Crippen LogP contribution >= 0.6 is 0 Å². The van der Waals surface area contributed by atoms with Crippen molar-refractivity contribution >= 4 is 5.91 Å². The average Bonchev–Trinajstić information content (AvgIpc) is 2.38. The van der Waals surface area contributed by atoms with Crippen LogP contribution in [-0.4, -0.2) is 36.5 Å². The number of nitrogens with zero attached hydrogens (tertiary/aromatic N) is 1. The third-order valence-corrected chi connectivity index (χ3v) is 4.82. The fourth-order valence-electron chi connectivity index (χ4n) is 2.82. The summed E-state index contributed by atoms with van der Waals surface area (Å²) >= 11 is 0. The summed E-state index contributed by atoms with van der Waals surface area (Å²) in [5.41, 5.74) is -0.149. The third-order valence-electron chi connectivity index (χ3n) is 4.82. The molecule has 1 rings (SSSR count). The molecule has 0 aliphatic carbocycles. The highest BCUT2D eigenvalue weighted by Gasteiger charge is 2.42. The molecule has 0 aromatic carbocycles. The first-order chi connectivity index (χ1) is 8.39. The predicted molar refractivity (Wildman–Crippen MR) is 76.6 cm³/mol. The molecule has 0 unspecified atom stereocenters. The van der Waals surface area contributed by atoms with E-state index in [4.69, 9.17) is 0 Å². The van der Waals surface area contributed by atoms with Gasteiger partial charge in [-0.05, 0) is 52.6 Å². The van der Waals surface area contributed by atoms with Crippen LogP contribution in [0.1, 0.15) is 59.8 Å². The van der Waals surface area contributed by atoms with Gasteiger partial charge in [0.2, 0.25) is 5.91 Å². The SMILES string of the molecule is CCCC1(C(=O)N(C)C(C)(C)CC)CCNCC1. The highest BCUT2D eigenvalue weighted by molar-refractivity contribution is 5.83. The van der Waals surface area contributed by atoms with E-state index in [-0.39, 0.29) is 11.0 Å². The average molecular weight is 254 g/mol. The maximum absolute atomic E-state index is 12.9. The summed E-state index contributed by atoms with van der Waals surface area (Å²) in [6.45, 7) is 10.6. The lowest BCUT2D eigenvalue weighted by molar-refractivity contribution is -0.148. The Balaban J connectivity index is 2.88. The summed E-state index contributed by atoms with van der Waals surface area (Å²) in [5.74, 6) is 0.359. The minimum absolute atomic E-state index is 0.0390. The zero-order valence-corrected chi connectivity index (χ0v) is 12.8. The monoisotopic (exact) mass is 254 g/mol. The fourth-order valence-corrected chi connectivity index (χ4v) is 2.82. The van der Waals surface area contributed by atoms with E-state index in [1.54, 1.807) is 0 Å². The number of hydrogen-bond donors (Lipinski definition) is 1. The maximum atomic E-state index is 12.9. The van der Waals surface area contributed by atoms with Gasteiger partial charge < -0.3 is 10.2 Å². The Bertz CT molecular complexity index is 275. The van der Waals surface area contributed by atoms with Crippen molar-refractivity contribution in [2.24, 2.45) is 5.41 Å². The van der Waals surface area contributed by atoms with E-state index in [2.05, 4.69) is 33.0 Å². The van der Waals surface area contributed by atoms with Crippen molar-refractivity contribution in [3.63, 3.8) is 0 Å². The summed E-state index contributed by atoms with van der Waals surface area (Å²) in [4.78, 5) is 14.9. The van der Waals surface area contributed by atoms with Gasteiger partial charge in [-0.3, -0.25) is 4.79 Å². The number of piperidine rings is 1. The van der Waals surface area contributed by atoms with E-state index in [9.17, 15) is 4.79 Å². The third kappa shape index (κ3) is 3.05. The van der Waals surface area contributed by atoms with E-state index in [1.165, 1.54) is 0 Å². The molecule has 0 aromatic rings. The quantitative estimate of drug-likeness (QED) is 0.818. The van der Waals surface area contributed by atoms with Crippen molar-refractivity contribution in [3.05, 3.63) is 0 Å². The van der Waals surface area contributed by atoms with E-state index < -0.39 is 0 Å². The van der Waals surface area contributed by atoms with Crippen molar-refractivity contribution in [1.29, 1.82) is 0 Å². The topological polar surface area (TPSA) is 32.3 Å². The lowest BCUT2D eigenvalue weighted by Gasteiger charge is -2.44. The van der Waals surface area contributed by atoms with E-state index in [0.29, 0.717) is 5.91 Å². The molecule has 1 aliphatic rings. The van der Waals surface area contributed by atoms with Gasteiger partial charge in [-0.1, -0.05) is 20.3 Å². The lowest BCUT2D eigenvalue weighted by Crippen LogP contribution is -2.54. The molecule has 1 amide bonds. The highest BCUT2D eigenvalue weighted by atomic mass is 16.2. The largest absolute Gasteiger partial charge is 0.340 e. The van der Waals surface area contributed by atoms with Crippen LogP contribution in [0.15, 0.2) is 0 Å². The molecule has 0 aromatic heterocycles. The number of rotatable bonds is 5. The van der Waals surface area contributed by atoms with Gasteiger partial charge in [0.05, 0.1) is 5.41 Å². The van der Waals surface area contributed by atoms with Crippen molar-refractivity contribution in [2.45, 2.75) is 65.3 Å². The minimum Gasteiger partial charge on any atom is -0.340 e. The number of hydrogen-bond acceptors (Lipinski definition) is 2. The van der Waals surface area contributed by atoms with Gasteiger partial charge in [0.25, 0.3) is 0 Å². The van der Waals surface area contributed by atoms with Crippen LogP contribution in [0.5, 0.6) is 0 Å². The van der Waals surface area contributed by atoms with Crippen LogP contribution < -0.4 is 5.32 Å². The molecule has 1 N–H and O–H groups in total.